The SMILES string of the molecule is CCCCCCCC(=O)O.O=C[C@H](O)[C@@H](O)[C@H](O)[C@H](O)CO.O=C[C@H](O)[C@@H](O)[C@H](O)[C@H](O)CO. The summed E-state index contributed by atoms with van der Waals surface area (Å²) in [4.78, 5) is 29.8. The van der Waals surface area contributed by atoms with Crippen molar-refractivity contribution in [3.63, 3.8) is 0 Å². The predicted molar refractivity (Wildman–Crippen MR) is 115 cm³/mol. The van der Waals surface area contributed by atoms with E-state index in [1.54, 1.807) is 0 Å². The maximum atomic E-state index is 10.0. The monoisotopic (exact) mass is 504 g/mol. The highest BCUT2D eigenvalue weighted by molar-refractivity contribution is 5.66. The average molecular weight is 505 g/mol. The van der Waals surface area contributed by atoms with Crippen molar-refractivity contribution in [2.45, 2.75) is 94.3 Å². The third kappa shape index (κ3) is 18.8. The molecule has 0 aliphatic heterocycles. The van der Waals surface area contributed by atoms with Crippen molar-refractivity contribution in [3.8, 4) is 0 Å². The molecule has 0 heterocycles. The molecule has 0 radical (unpaired) electrons. The molecule has 0 saturated heterocycles. The molecule has 0 bridgehead atoms. The number of carboxylic acid groups (broad SMARTS) is 1. The maximum Gasteiger partial charge on any atom is 0.303 e. The zero-order valence-electron chi connectivity index (χ0n) is 19.1. The van der Waals surface area contributed by atoms with Gasteiger partial charge in [0.25, 0.3) is 0 Å². The van der Waals surface area contributed by atoms with Crippen molar-refractivity contribution in [1.29, 1.82) is 0 Å². The number of carbonyl (C=O) groups excluding carboxylic acids is 2. The zero-order valence-corrected chi connectivity index (χ0v) is 19.1. The molecule has 0 aromatic carbocycles. The van der Waals surface area contributed by atoms with E-state index in [-0.39, 0.29) is 12.6 Å². The fourth-order valence-electron chi connectivity index (χ4n) is 2.12. The number of aldehydes is 2. The van der Waals surface area contributed by atoms with Gasteiger partial charge in [-0.05, 0) is 6.42 Å². The fourth-order valence-corrected chi connectivity index (χ4v) is 2.12. The van der Waals surface area contributed by atoms with Crippen molar-refractivity contribution in [2.24, 2.45) is 0 Å². The minimum atomic E-state index is -1.79. The molecule has 8 atom stereocenters. The lowest BCUT2D eigenvalue weighted by Gasteiger charge is -2.22. The Labute approximate surface area is 197 Å². The van der Waals surface area contributed by atoms with Crippen LogP contribution in [0.2, 0.25) is 0 Å². The third-order valence-corrected chi connectivity index (χ3v) is 4.34. The van der Waals surface area contributed by atoms with Crippen LogP contribution >= 0.6 is 0 Å². The van der Waals surface area contributed by atoms with Crippen LogP contribution in [0.5, 0.6) is 0 Å². The minimum Gasteiger partial charge on any atom is -0.481 e. The van der Waals surface area contributed by atoms with E-state index in [4.69, 9.17) is 56.2 Å². The van der Waals surface area contributed by atoms with Gasteiger partial charge in [0, 0.05) is 6.42 Å². The molecule has 34 heavy (non-hydrogen) atoms. The topological polar surface area (TPSA) is 274 Å². The van der Waals surface area contributed by atoms with Crippen LogP contribution in [0.1, 0.15) is 45.4 Å². The van der Waals surface area contributed by atoms with Gasteiger partial charge in [-0.3, -0.25) is 4.79 Å². The number of carboxylic acids is 1. The van der Waals surface area contributed by atoms with Gasteiger partial charge in [0.1, 0.15) is 48.8 Å². The number of rotatable bonds is 16. The largest absolute Gasteiger partial charge is 0.481 e. The molecule has 0 fully saturated rings. The van der Waals surface area contributed by atoms with Crippen molar-refractivity contribution < 1.29 is 70.6 Å². The van der Waals surface area contributed by atoms with E-state index in [9.17, 15) is 14.4 Å². The normalized spacial score (nSPS) is 17.7. The number of aliphatic carboxylic acids is 1. The van der Waals surface area contributed by atoms with Crippen LogP contribution in [0.15, 0.2) is 0 Å². The Kier molecular flexibility index (Phi) is 25.2. The van der Waals surface area contributed by atoms with E-state index >= 15 is 0 Å². The van der Waals surface area contributed by atoms with E-state index in [2.05, 4.69) is 6.92 Å². The summed E-state index contributed by atoms with van der Waals surface area (Å²) in [6.45, 7) is 0.630. The first kappa shape index (κ1) is 37.0. The Bertz CT molecular complexity index is 474. The van der Waals surface area contributed by atoms with E-state index in [1.165, 1.54) is 19.3 Å². The van der Waals surface area contributed by atoms with E-state index in [0.29, 0.717) is 6.42 Å². The van der Waals surface area contributed by atoms with Gasteiger partial charge in [0.15, 0.2) is 12.6 Å². The highest BCUT2D eigenvalue weighted by Crippen LogP contribution is 2.05. The molecule has 204 valence electrons. The molecule has 0 aromatic heterocycles. The lowest BCUT2D eigenvalue weighted by Crippen LogP contribution is -2.46. The fraction of sp³-hybridized carbons (Fsp3) is 0.850. The van der Waals surface area contributed by atoms with Gasteiger partial charge in [-0.1, -0.05) is 32.6 Å². The van der Waals surface area contributed by atoms with Crippen LogP contribution in [0.4, 0.5) is 0 Å². The van der Waals surface area contributed by atoms with E-state index in [1.807, 2.05) is 0 Å². The quantitative estimate of drug-likeness (QED) is 0.0700. The van der Waals surface area contributed by atoms with Crippen LogP contribution in [-0.4, -0.2) is 137 Å². The van der Waals surface area contributed by atoms with Crippen LogP contribution in [-0.2, 0) is 14.4 Å². The first-order valence-electron chi connectivity index (χ1n) is 10.6. The number of hydrogen-bond donors (Lipinski definition) is 11. The van der Waals surface area contributed by atoms with Gasteiger partial charge in [-0.2, -0.15) is 0 Å². The second kappa shape index (κ2) is 23.2. The van der Waals surface area contributed by atoms with Crippen molar-refractivity contribution in [1.82, 2.24) is 0 Å². The zero-order chi connectivity index (χ0) is 27.3. The molecular weight excluding hydrogens is 464 g/mol. The second-order valence-corrected chi connectivity index (χ2v) is 7.27. The summed E-state index contributed by atoms with van der Waals surface area (Å²) in [5.74, 6) is -0.670. The van der Waals surface area contributed by atoms with Crippen LogP contribution in [0, 0.1) is 0 Å². The molecule has 11 N–H and O–H groups in total. The Balaban J connectivity index is -0.000000426. The molecule has 0 spiro atoms. The molecule has 0 unspecified atom stereocenters. The van der Waals surface area contributed by atoms with Crippen molar-refractivity contribution in [3.05, 3.63) is 0 Å². The molecule has 0 aromatic rings. The lowest BCUT2D eigenvalue weighted by atomic mass is 10.0. The summed E-state index contributed by atoms with van der Waals surface area (Å²) in [6.07, 6.45) is -7.79. The average Bonchev–Trinajstić information content (AvgIpc) is 2.85. The minimum absolute atomic E-state index is 0.0258. The second-order valence-electron chi connectivity index (χ2n) is 7.27. The van der Waals surface area contributed by atoms with Gasteiger partial charge >= 0.3 is 5.97 Å². The van der Waals surface area contributed by atoms with Gasteiger partial charge in [0.2, 0.25) is 0 Å². The Hall–Kier alpha value is -1.59. The Morgan fingerprint density at radius 1 is 0.647 bits per heavy atom. The Morgan fingerprint density at radius 2 is 1.00 bits per heavy atom. The van der Waals surface area contributed by atoms with Gasteiger partial charge in [-0.15, -0.1) is 0 Å². The van der Waals surface area contributed by atoms with E-state index in [0.717, 1.165) is 12.8 Å². The molecule has 0 amide bonds. The summed E-state index contributed by atoms with van der Waals surface area (Å²) in [5.41, 5.74) is 0. The molecule has 0 aliphatic carbocycles. The number of aliphatic hydroxyl groups excluding tert-OH is 10. The summed E-state index contributed by atoms with van der Waals surface area (Å²) in [5, 5.41) is 95.3. The van der Waals surface area contributed by atoms with Crippen LogP contribution in [0.3, 0.4) is 0 Å². The summed E-state index contributed by atoms with van der Waals surface area (Å²) >= 11 is 0. The first-order chi connectivity index (χ1) is 15.9. The van der Waals surface area contributed by atoms with Crippen LogP contribution in [0.25, 0.3) is 0 Å². The van der Waals surface area contributed by atoms with Crippen LogP contribution < -0.4 is 0 Å². The number of unbranched alkanes of at least 4 members (excludes halogenated alkanes) is 4. The van der Waals surface area contributed by atoms with Gasteiger partial charge in [0.05, 0.1) is 13.2 Å². The molecule has 14 nitrogen and oxygen atoms in total. The molecule has 14 heteroatoms. The Morgan fingerprint density at radius 3 is 1.26 bits per heavy atom. The molecule has 0 rings (SSSR count). The number of hydrogen-bond acceptors (Lipinski definition) is 13. The highest BCUT2D eigenvalue weighted by atomic mass is 16.4. The number of aliphatic hydroxyl groups is 10. The van der Waals surface area contributed by atoms with Crippen molar-refractivity contribution >= 4 is 18.5 Å². The lowest BCUT2D eigenvalue weighted by molar-refractivity contribution is -0.137. The van der Waals surface area contributed by atoms with Gasteiger partial charge < -0.3 is 65.8 Å². The molecular formula is C20H40O14. The highest BCUT2D eigenvalue weighted by Gasteiger charge is 2.30. The first-order valence-corrected chi connectivity index (χ1v) is 10.6. The molecule has 0 aliphatic rings. The predicted octanol–water partition coefficient (Wildman–Crippen LogP) is -4.33. The summed E-state index contributed by atoms with van der Waals surface area (Å²) in [7, 11) is 0. The van der Waals surface area contributed by atoms with E-state index < -0.39 is 68.0 Å². The smallest absolute Gasteiger partial charge is 0.303 e. The number of carbonyl (C=O) groups is 3. The summed E-state index contributed by atoms with van der Waals surface area (Å²) < 4.78 is 0. The maximum absolute atomic E-state index is 10.0. The standard InChI is InChI=1S/C8H16O2.2C6H12O6/c1-2-3-4-5-6-7-8(9)10;2*7-1-3(9)5(11)6(12)4(10)2-8/h2-7H2,1H3,(H,9,10);2*1,3-6,8-12H,2H2/t;2*3-,4+,5+,6+/m.00/s1. The van der Waals surface area contributed by atoms with Crippen molar-refractivity contribution in [2.75, 3.05) is 13.2 Å². The van der Waals surface area contributed by atoms with Gasteiger partial charge in [-0.25, -0.2) is 0 Å². The summed E-state index contributed by atoms with van der Waals surface area (Å²) in [6, 6.07) is 0. The molecule has 0 saturated carbocycles. The third-order valence-electron chi connectivity index (χ3n) is 4.34.